The molecule has 1 rings (SSSR count). The standard InChI is InChI=1S/C13H22OS/c1-12(2,3)10-8-7-9(15)11(14-10)13(4,5)6/h7-8,11,15H,1-6H3. The molecule has 0 radical (unpaired) electrons. The third-order valence-electron chi connectivity index (χ3n) is 2.44. The molecule has 1 aliphatic rings. The van der Waals surface area contributed by atoms with Crippen LogP contribution >= 0.6 is 12.6 Å². The number of ether oxygens (including phenoxy) is 1. The van der Waals surface area contributed by atoms with Gasteiger partial charge in [-0.3, -0.25) is 0 Å². The summed E-state index contributed by atoms with van der Waals surface area (Å²) in [5.74, 6) is 1.04. The summed E-state index contributed by atoms with van der Waals surface area (Å²) in [6.45, 7) is 13.0. The SMILES string of the molecule is CC(C)(C)C1=CC=C(S)C(C(C)(C)C)O1. The van der Waals surface area contributed by atoms with Crippen molar-refractivity contribution in [1.29, 1.82) is 0 Å². The minimum atomic E-state index is 0.0640. The molecule has 0 fully saturated rings. The number of rotatable bonds is 0. The quantitative estimate of drug-likeness (QED) is 0.610. The highest BCUT2D eigenvalue weighted by Crippen LogP contribution is 2.38. The Hall–Kier alpha value is -0.370. The Morgan fingerprint density at radius 2 is 1.60 bits per heavy atom. The maximum Gasteiger partial charge on any atom is 0.134 e. The maximum atomic E-state index is 6.04. The van der Waals surface area contributed by atoms with Gasteiger partial charge in [-0.25, -0.2) is 0 Å². The number of allylic oxidation sites excluding steroid dienone is 3. The number of hydrogen-bond acceptors (Lipinski definition) is 2. The van der Waals surface area contributed by atoms with Gasteiger partial charge in [-0.15, -0.1) is 12.6 Å². The molecule has 1 atom stereocenters. The van der Waals surface area contributed by atoms with E-state index in [1.165, 1.54) is 0 Å². The second-order valence-electron chi connectivity index (χ2n) is 6.24. The van der Waals surface area contributed by atoms with Crippen molar-refractivity contribution in [2.45, 2.75) is 47.6 Å². The van der Waals surface area contributed by atoms with Crippen molar-refractivity contribution in [3.05, 3.63) is 22.8 Å². The van der Waals surface area contributed by atoms with Crippen molar-refractivity contribution in [2.75, 3.05) is 0 Å². The van der Waals surface area contributed by atoms with Crippen LogP contribution in [-0.4, -0.2) is 6.10 Å². The van der Waals surface area contributed by atoms with Gasteiger partial charge in [0.2, 0.25) is 0 Å². The Kier molecular flexibility index (Phi) is 3.30. The lowest BCUT2D eigenvalue weighted by atomic mass is 9.85. The minimum Gasteiger partial charge on any atom is -0.488 e. The Balaban J connectivity index is 2.96. The molecule has 0 spiro atoms. The van der Waals surface area contributed by atoms with E-state index in [-0.39, 0.29) is 16.9 Å². The second-order valence-corrected chi connectivity index (χ2v) is 6.75. The zero-order valence-corrected chi connectivity index (χ0v) is 11.5. The van der Waals surface area contributed by atoms with Crippen LogP contribution in [0.25, 0.3) is 0 Å². The van der Waals surface area contributed by atoms with Crippen LogP contribution in [0.1, 0.15) is 41.5 Å². The van der Waals surface area contributed by atoms with E-state index < -0.39 is 0 Å². The van der Waals surface area contributed by atoms with Crippen molar-refractivity contribution < 1.29 is 4.74 Å². The van der Waals surface area contributed by atoms with E-state index >= 15 is 0 Å². The smallest absolute Gasteiger partial charge is 0.134 e. The predicted molar refractivity (Wildman–Crippen MR) is 68.9 cm³/mol. The molecule has 1 unspecified atom stereocenters. The van der Waals surface area contributed by atoms with Gasteiger partial charge in [0.05, 0.1) is 0 Å². The van der Waals surface area contributed by atoms with E-state index in [2.05, 4.69) is 60.2 Å². The van der Waals surface area contributed by atoms with Gasteiger partial charge in [0.1, 0.15) is 11.9 Å². The fourth-order valence-corrected chi connectivity index (χ4v) is 2.04. The van der Waals surface area contributed by atoms with Crippen LogP contribution in [-0.2, 0) is 4.74 Å². The normalized spacial score (nSPS) is 23.0. The minimum absolute atomic E-state index is 0.0640. The second kappa shape index (κ2) is 3.89. The molecule has 1 heterocycles. The molecule has 0 bridgehead atoms. The van der Waals surface area contributed by atoms with E-state index in [0.717, 1.165) is 10.7 Å². The van der Waals surface area contributed by atoms with Crippen molar-refractivity contribution in [3.63, 3.8) is 0 Å². The monoisotopic (exact) mass is 226 g/mol. The number of thiol groups is 1. The lowest BCUT2D eigenvalue weighted by molar-refractivity contribution is 0.0306. The average molecular weight is 226 g/mol. The highest BCUT2D eigenvalue weighted by molar-refractivity contribution is 7.84. The van der Waals surface area contributed by atoms with E-state index in [9.17, 15) is 0 Å². The van der Waals surface area contributed by atoms with Crippen LogP contribution in [0.15, 0.2) is 22.8 Å². The van der Waals surface area contributed by atoms with E-state index in [4.69, 9.17) is 4.74 Å². The molecule has 0 N–H and O–H groups in total. The Bertz CT molecular complexity index is 299. The van der Waals surface area contributed by atoms with Gasteiger partial charge in [0, 0.05) is 15.7 Å². The first-order valence-electron chi connectivity index (χ1n) is 5.40. The van der Waals surface area contributed by atoms with Crippen molar-refractivity contribution in [1.82, 2.24) is 0 Å². The summed E-state index contributed by atoms with van der Waals surface area (Å²) in [7, 11) is 0. The third-order valence-corrected chi connectivity index (χ3v) is 2.83. The molecule has 0 aromatic heterocycles. The Morgan fingerprint density at radius 1 is 1.07 bits per heavy atom. The van der Waals surface area contributed by atoms with Gasteiger partial charge in [-0.2, -0.15) is 0 Å². The van der Waals surface area contributed by atoms with Crippen molar-refractivity contribution in [3.8, 4) is 0 Å². The lowest BCUT2D eigenvalue weighted by Gasteiger charge is -2.37. The third kappa shape index (κ3) is 3.04. The zero-order valence-electron chi connectivity index (χ0n) is 10.6. The van der Waals surface area contributed by atoms with Crippen LogP contribution < -0.4 is 0 Å². The van der Waals surface area contributed by atoms with Gasteiger partial charge in [-0.1, -0.05) is 41.5 Å². The van der Waals surface area contributed by atoms with Crippen molar-refractivity contribution >= 4 is 12.6 Å². The molecular formula is C13H22OS. The molecule has 1 aliphatic heterocycles. The molecule has 1 nitrogen and oxygen atoms in total. The lowest BCUT2D eigenvalue weighted by Crippen LogP contribution is -2.33. The van der Waals surface area contributed by atoms with Gasteiger partial charge in [0.15, 0.2) is 0 Å². The molecular weight excluding hydrogens is 204 g/mol. The molecule has 0 aliphatic carbocycles. The molecule has 86 valence electrons. The summed E-state index contributed by atoms with van der Waals surface area (Å²) in [4.78, 5) is 1.01. The topological polar surface area (TPSA) is 9.23 Å². The molecule has 0 saturated carbocycles. The van der Waals surface area contributed by atoms with Crippen LogP contribution in [0.2, 0.25) is 0 Å². The van der Waals surface area contributed by atoms with Gasteiger partial charge in [-0.05, 0) is 12.2 Å². The van der Waals surface area contributed by atoms with Crippen molar-refractivity contribution in [2.24, 2.45) is 10.8 Å². The highest BCUT2D eigenvalue weighted by atomic mass is 32.1. The van der Waals surface area contributed by atoms with Crippen LogP contribution in [0, 0.1) is 10.8 Å². The molecule has 0 aromatic carbocycles. The molecule has 0 amide bonds. The summed E-state index contributed by atoms with van der Waals surface area (Å²) in [5.41, 5.74) is 0.146. The first-order chi connectivity index (χ1) is 6.62. The van der Waals surface area contributed by atoms with E-state index in [1.807, 2.05) is 6.08 Å². The maximum absolute atomic E-state index is 6.04. The zero-order chi connectivity index (χ0) is 11.9. The summed E-state index contributed by atoms with van der Waals surface area (Å²) in [6.07, 6.45) is 4.16. The summed E-state index contributed by atoms with van der Waals surface area (Å²) < 4.78 is 6.04. The fraction of sp³-hybridized carbons (Fsp3) is 0.692. The molecule has 2 heteroatoms. The Labute approximate surface area is 99.0 Å². The highest BCUT2D eigenvalue weighted by Gasteiger charge is 2.33. The summed E-state index contributed by atoms with van der Waals surface area (Å²) in [5, 5.41) is 0. The first kappa shape index (κ1) is 12.7. The predicted octanol–water partition coefficient (Wildman–Crippen LogP) is 4.18. The first-order valence-corrected chi connectivity index (χ1v) is 5.85. The molecule has 0 aromatic rings. The largest absolute Gasteiger partial charge is 0.488 e. The van der Waals surface area contributed by atoms with Crippen LogP contribution in [0.4, 0.5) is 0 Å². The molecule has 15 heavy (non-hydrogen) atoms. The van der Waals surface area contributed by atoms with Gasteiger partial charge >= 0.3 is 0 Å². The van der Waals surface area contributed by atoms with Gasteiger partial charge in [0.25, 0.3) is 0 Å². The fourth-order valence-electron chi connectivity index (χ4n) is 1.52. The van der Waals surface area contributed by atoms with Gasteiger partial charge < -0.3 is 4.74 Å². The van der Waals surface area contributed by atoms with E-state index in [0.29, 0.717) is 0 Å². The van der Waals surface area contributed by atoms with E-state index in [1.54, 1.807) is 0 Å². The average Bonchev–Trinajstić information content (AvgIpc) is 2.00. The van der Waals surface area contributed by atoms with Crippen LogP contribution in [0.5, 0.6) is 0 Å². The number of hydrogen-bond donors (Lipinski definition) is 1. The Morgan fingerprint density at radius 3 is 2.00 bits per heavy atom. The summed E-state index contributed by atoms with van der Waals surface area (Å²) in [6, 6.07) is 0. The summed E-state index contributed by atoms with van der Waals surface area (Å²) >= 11 is 4.48. The molecule has 0 saturated heterocycles. The van der Waals surface area contributed by atoms with Crippen LogP contribution in [0.3, 0.4) is 0 Å².